The molecule has 3 aromatic carbocycles. The van der Waals surface area contributed by atoms with E-state index in [2.05, 4.69) is 9.72 Å². The molecule has 1 fully saturated rings. The van der Waals surface area contributed by atoms with Gasteiger partial charge in [0.25, 0.3) is 11.5 Å². The van der Waals surface area contributed by atoms with Gasteiger partial charge in [0.05, 0.1) is 17.7 Å². The second-order valence-electron chi connectivity index (χ2n) is 10.8. The molecule has 216 valence electrons. The second kappa shape index (κ2) is 10.8. The number of ether oxygens (including phenoxy) is 1. The first-order valence-electron chi connectivity index (χ1n) is 13.7. The Bertz CT molecular complexity index is 1680. The second-order valence-corrected chi connectivity index (χ2v) is 10.8. The molecule has 0 unspecified atom stereocenters. The molecule has 1 amide bonds. The van der Waals surface area contributed by atoms with E-state index < -0.39 is 18.4 Å². The number of aromatic nitrogens is 2. The van der Waals surface area contributed by atoms with E-state index in [0.29, 0.717) is 53.2 Å². The molecule has 2 aliphatic rings. The van der Waals surface area contributed by atoms with E-state index in [0.717, 1.165) is 18.4 Å². The zero-order chi connectivity index (χ0) is 29.5. The highest BCUT2D eigenvalue weighted by molar-refractivity contribution is 5.83. The number of H-pyrrole nitrogens is 1. The molecule has 42 heavy (non-hydrogen) atoms. The Morgan fingerprint density at radius 3 is 2.43 bits per heavy atom. The number of carbonyl (C=O) groups is 1. The number of nitrogens with zero attached hydrogens (tertiary/aromatic N) is 2. The van der Waals surface area contributed by atoms with E-state index in [-0.39, 0.29) is 23.3 Å². The fourth-order valence-corrected chi connectivity index (χ4v) is 5.68. The molecule has 1 aliphatic carbocycles. The van der Waals surface area contributed by atoms with Crippen LogP contribution in [0, 0.1) is 0 Å². The molecule has 0 radical (unpaired) electrons. The van der Waals surface area contributed by atoms with Crippen molar-refractivity contribution >= 4 is 5.91 Å². The van der Waals surface area contributed by atoms with Crippen molar-refractivity contribution in [2.45, 2.75) is 50.1 Å². The number of rotatable bonds is 6. The van der Waals surface area contributed by atoms with E-state index in [9.17, 15) is 27.9 Å². The third-order valence-electron chi connectivity index (χ3n) is 7.98. The summed E-state index contributed by atoms with van der Waals surface area (Å²) in [5, 5.41) is 11.1. The number of alkyl halides is 3. The quantitative estimate of drug-likeness (QED) is 0.320. The topological polar surface area (TPSA) is 95.5 Å². The van der Waals surface area contributed by atoms with E-state index in [4.69, 9.17) is 4.98 Å². The van der Waals surface area contributed by atoms with Gasteiger partial charge in [0.15, 0.2) is 6.10 Å². The van der Waals surface area contributed by atoms with Crippen molar-refractivity contribution in [3.05, 3.63) is 117 Å². The molecular formula is C32H28F3N3O4. The summed E-state index contributed by atoms with van der Waals surface area (Å²) >= 11 is 0. The molecule has 1 aliphatic heterocycles. The summed E-state index contributed by atoms with van der Waals surface area (Å²) in [5.74, 6) is -0.314. The lowest BCUT2D eigenvalue weighted by atomic mass is 9.94. The van der Waals surface area contributed by atoms with Crippen molar-refractivity contribution < 1.29 is 27.8 Å². The fourth-order valence-electron chi connectivity index (χ4n) is 5.68. The summed E-state index contributed by atoms with van der Waals surface area (Å²) in [6.07, 6.45) is -3.62. The van der Waals surface area contributed by atoms with E-state index in [1.54, 1.807) is 30.3 Å². The van der Waals surface area contributed by atoms with Gasteiger partial charge < -0.3 is 19.7 Å². The van der Waals surface area contributed by atoms with Gasteiger partial charge in [-0.15, -0.1) is 13.2 Å². The Balaban J connectivity index is 1.24. The summed E-state index contributed by atoms with van der Waals surface area (Å²) in [6.45, 7) is 0.422. The number of hydrogen-bond acceptors (Lipinski definition) is 5. The number of nitrogens with one attached hydrogen (secondary N) is 1. The van der Waals surface area contributed by atoms with Crippen LogP contribution in [-0.2, 0) is 23.2 Å². The largest absolute Gasteiger partial charge is 0.573 e. The van der Waals surface area contributed by atoms with Gasteiger partial charge in [0.2, 0.25) is 0 Å². The molecule has 4 aromatic rings. The van der Waals surface area contributed by atoms with Gasteiger partial charge in [-0.1, -0.05) is 60.7 Å². The van der Waals surface area contributed by atoms with Gasteiger partial charge in [0, 0.05) is 12.1 Å². The van der Waals surface area contributed by atoms with Crippen LogP contribution in [0.1, 0.15) is 53.6 Å². The first kappa shape index (κ1) is 27.7. The monoisotopic (exact) mass is 575 g/mol. The van der Waals surface area contributed by atoms with Gasteiger partial charge in [-0.2, -0.15) is 0 Å². The molecule has 1 saturated carbocycles. The number of aliphatic hydroxyl groups is 1. The molecular weight excluding hydrogens is 547 g/mol. The van der Waals surface area contributed by atoms with E-state index >= 15 is 0 Å². The van der Waals surface area contributed by atoms with Crippen molar-refractivity contribution in [3.8, 4) is 16.9 Å². The molecule has 7 nitrogen and oxygen atoms in total. The number of aliphatic hydroxyl groups excluding tert-OH is 1. The van der Waals surface area contributed by atoms with Crippen LogP contribution in [0.25, 0.3) is 11.1 Å². The Labute approximate surface area is 239 Å². The fraction of sp³-hybridized carbons (Fsp3) is 0.281. The van der Waals surface area contributed by atoms with Crippen LogP contribution in [0.15, 0.2) is 83.7 Å². The highest BCUT2D eigenvalue weighted by Crippen LogP contribution is 2.52. The van der Waals surface area contributed by atoms with Gasteiger partial charge in [-0.25, -0.2) is 4.98 Å². The lowest BCUT2D eigenvalue weighted by Gasteiger charge is -2.24. The van der Waals surface area contributed by atoms with E-state index in [1.165, 1.54) is 23.1 Å². The molecule has 0 spiro atoms. The minimum Gasteiger partial charge on any atom is -0.406 e. The summed E-state index contributed by atoms with van der Waals surface area (Å²) < 4.78 is 42.1. The SMILES string of the molecule is O=C([C@H](O)c1cccc(-c2cccc(OC(F)(F)F)c2)c1)N1CCCc2c(nc(C3(c4ccccc4)CC3)[nH]c2=O)C1. The van der Waals surface area contributed by atoms with Crippen molar-refractivity contribution in [3.63, 3.8) is 0 Å². The minimum absolute atomic E-state index is 0.0868. The molecule has 1 atom stereocenters. The van der Waals surface area contributed by atoms with Crippen LogP contribution in [0.2, 0.25) is 0 Å². The van der Waals surface area contributed by atoms with Crippen LogP contribution >= 0.6 is 0 Å². The van der Waals surface area contributed by atoms with Crippen LogP contribution in [0.5, 0.6) is 5.75 Å². The summed E-state index contributed by atoms with van der Waals surface area (Å²) in [6, 6.07) is 21.9. The highest BCUT2D eigenvalue weighted by atomic mass is 19.4. The predicted molar refractivity (Wildman–Crippen MR) is 149 cm³/mol. The van der Waals surface area contributed by atoms with Gasteiger partial charge in [-0.3, -0.25) is 9.59 Å². The first-order chi connectivity index (χ1) is 20.1. The summed E-state index contributed by atoms with van der Waals surface area (Å²) in [7, 11) is 0. The smallest absolute Gasteiger partial charge is 0.406 e. The maximum atomic E-state index is 13.5. The third-order valence-corrected chi connectivity index (χ3v) is 7.98. The number of carbonyl (C=O) groups excluding carboxylic acids is 1. The maximum absolute atomic E-state index is 13.5. The van der Waals surface area contributed by atoms with Crippen LogP contribution < -0.4 is 10.3 Å². The Hall–Kier alpha value is -4.44. The van der Waals surface area contributed by atoms with Gasteiger partial charge in [0.1, 0.15) is 11.6 Å². The lowest BCUT2D eigenvalue weighted by Crippen LogP contribution is -2.35. The molecule has 1 aromatic heterocycles. The Kier molecular flexibility index (Phi) is 7.10. The molecule has 2 heterocycles. The lowest BCUT2D eigenvalue weighted by molar-refractivity contribution is -0.274. The third kappa shape index (κ3) is 5.54. The van der Waals surface area contributed by atoms with Crippen LogP contribution in [-0.4, -0.2) is 38.8 Å². The maximum Gasteiger partial charge on any atom is 0.573 e. The van der Waals surface area contributed by atoms with Crippen molar-refractivity contribution in [2.24, 2.45) is 0 Å². The number of halogens is 3. The van der Waals surface area contributed by atoms with Crippen molar-refractivity contribution in [1.82, 2.24) is 14.9 Å². The average Bonchev–Trinajstić information content (AvgIpc) is 3.81. The molecule has 10 heteroatoms. The number of fused-ring (bicyclic) bond motifs is 1. The van der Waals surface area contributed by atoms with Crippen molar-refractivity contribution in [2.75, 3.05) is 6.54 Å². The van der Waals surface area contributed by atoms with Gasteiger partial charge >= 0.3 is 6.36 Å². The molecule has 0 saturated heterocycles. The predicted octanol–water partition coefficient (Wildman–Crippen LogP) is 5.42. The minimum atomic E-state index is -4.82. The zero-order valence-electron chi connectivity index (χ0n) is 22.5. The normalized spacial score (nSPS) is 16.7. The number of benzene rings is 3. The Morgan fingerprint density at radius 1 is 1.00 bits per heavy atom. The highest BCUT2D eigenvalue weighted by Gasteiger charge is 2.48. The van der Waals surface area contributed by atoms with Crippen molar-refractivity contribution in [1.29, 1.82) is 0 Å². The average molecular weight is 576 g/mol. The molecule has 6 rings (SSSR count). The first-order valence-corrected chi connectivity index (χ1v) is 13.7. The van der Waals surface area contributed by atoms with Crippen LogP contribution in [0.3, 0.4) is 0 Å². The summed E-state index contributed by atoms with van der Waals surface area (Å²) in [4.78, 5) is 36.1. The summed E-state index contributed by atoms with van der Waals surface area (Å²) in [5.41, 5.74) is 2.87. The zero-order valence-corrected chi connectivity index (χ0v) is 22.5. The Morgan fingerprint density at radius 2 is 1.71 bits per heavy atom. The number of aromatic amines is 1. The number of amides is 1. The standard InChI is InChI=1S/C32H28F3N3O4/c33-32(34,35)42-24-12-5-8-21(18-24)20-7-4-9-22(17-20)27(39)29(41)38-16-6-13-25-26(19-38)36-30(37-28(25)40)31(14-15-31)23-10-2-1-3-11-23/h1-5,7-12,17-18,27,39H,6,13-16,19H2,(H,36,37,40)/t27-/m1/s1. The molecule has 0 bridgehead atoms. The number of hydrogen-bond donors (Lipinski definition) is 2. The molecule has 2 N–H and O–H groups in total. The van der Waals surface area contributed by atoms with E-state index in [1.807, 2.05) is 30.3 Å². The van der Waals surface area contributed by atoms with Crippen LogP contribution in [0.4, 0.5) is 13.2 Å². The van der Waals surface area contributed by atoms with Gasteiger partial charge in [-0.05, 0) is 66.1 Å².